The summed E-state index contributed by atoms with van der Waals surface area (Å²) in [6.45, 7) is 0. The van der Waals surface area contributed by atoms with Crippen molar-refractivity contribution < 1.29 is 17.4 Å². The number of nitrogens with one attached hydrogen (secondary N) is 1. The first-order chi connectivity index (χ1) is 6.97. The molecule has 0 aliphatic carbocycles. The summed E-state index contributed by atoms with van der Waals surface area (Å²) >= 11 is 0. The Morgan fingerprint density at radius 3 is 2.67 bits per heavy atom. The van der Waals surface area contributed by atoms with Crippen LogP contribution in [0.4, 0.5) is 5.69 Å². The Hall–Kier alpha value is -1.40. The fraction of sp³-hybridized carbons (Fsp3) is 0.222. The molecule has 1 aliphatic rings. The van der Waals surface area contributed by atoms with E-state index >= 15 is 0 Å². The van der Waals surface area contributed by atoms with E-state index < -0.39 is 22.1 Å². The maximum atomic E-state index is 11.4. The molecule has 0 saturated carbocycles. The SMILES string of the molecule is CS(=O)(=O)OC1C(=O)Nc2ccccc21. The van der Waals surface area contributed by atoms with Crippen LogP contribution in [-0.2, 0) is 19.1 Å². The Labute approximate surface area is 87.2 Å². The second kappa shape index (κ2) is 3.32. The number of hydrogen-bond acceptors (Lipinski definition) is 4. The third kappa shape index (κ3) is 2.00. The highest BCUT2D eigenvalue weighted by Crippen LogP contribution is 2.33. The summed E-state index contributed by atoms with van der Waals surface area (Å²) in [5.41, 5.74) is 1.14. The quantitative estimate of drug-likeness (QED) is 0.753. The second-order valence-corrected chi connectivity index (χ2v) is 4.86. The average Bonchev–Trinajstić information content (AvgIpc) is 2.41. The van der Waals surface area contributed by atoms with Gasteiger partial charge in [0.15, 0.2) is 6.10 Å². The number of fused-ring (bicyclic) bond motifs is 1. The molecule has 0 spiro atoms. The monoisotopic (exact) mass is 227 g/mol. The first kappa shape index (κ1) is 10.1. The van der Waals surface area contributed by atoms with Gasteiger partial charge in [-0.1, -0.05) is 18.2 Å². The molecule has 1 unspecified atom stereocenters. The molecule has 1 aromatic rings. The van der Waals surface area contributed by atoms with Crippen molar-refractivity contribution in [3.8, 4) is 0 Å². The van der Waals surface area contributed by atoms with Gasteiger partial charge in [-0.25, -0.2) is 0 Å². The molecule has 1 aromatic carbocycles. The normalized spacial score (nSPS) is 19.8. The average molecular weight is 227 g/mol. The molecule has 0 aromatic heterocycles. The number of para-hydroxylation sites is 1. The van der Waals surface area contributed by atoms with Gasteiger partial charge in [-0.2, -0.15) is 8.42 Å². The Kier molecular flexibility index (Phi) is 2.24. The molecular weight excluding hydrogens is 218 g/mol. The molecule has 0 bridgehead atoms. The summed E-state index contributed by atoms with van der Waals surface area (Å²) in [7, 11) is -3.64. The van der Waals surface area contributed by atoms with E-state index in [4.69, 9.17) is 4.18 Å². The molecule has 1 amide bonds. The molecule has 1 atom stereocenters. The maximum Gasteiger partial charge on any atom is 0.265 e. The van der Waals surface area contributed by atoms with Crippen molar-refractivity contribution in [1.82, 2.24) is 0 Å². The van der Waals surface area contributed by atoms with Crippen molar-refractivity contribution in [1.29, 1.82) is 0 Å². The molecule has 5 nitrogen and oxygen atoms in total. The first-order valence-corrected chi connectivity index (χ1v) is 6.07. The van der Waals surface area contributed by atoms with E-state index in [-0.39, 0.29) is 0 Å². The lowest BCUT2D eigenvalue weighted by molar-refractivity contribution is -0.122. The lowest BCUT2D eigenvalue weighted by Gasteiger charge is -2.07. The number of hydrogen-bond donors (Lipinski definition) is 1. The molecular formula is C9H9NO4S. The van der Waals surface area contributed by atoms with Crippen molar-refractivity contribution in [2.75, 3.05) is 11.6 Å². The standard InChI is InChI=1S/C9H9NO4S/c1-15(12,13)14-8-6-4-2-3-5-7(6)10-9(8)11/h2-5,8H,1H3,(H,10,11). The Balaban J connectivity index is 2.38. The zero-order valence-electron chi connectivity index (χ0n) is 7.93. The minimum atomic E-state index is -3.64. The van der Waals surface area contributed by atoms with Crippen LogP contribution < -0.4 is 5.32 Å². The largest absolute Gasteiger partial charge is 0.323 e. The van der Waals surface area contributed by atoms with Gasteiger partial charge in [-0.15, -0.1) is 0 Å². The molecule has 6 heteroatoms. The van der Waals surface area contributed by atoms with Crippen LogP contribution in [0, 0.1) is 0 Å². The number of benzene rings is 1. The van der Waals surface area contributed by atoms with Crippen LogP contribution in [-0.4, -0.2) is 20.6 Å². The van der Waals surface area contributed by atoms with Gasteiger partial charge in [-0.05, 0) is 6.07 Å². The fourth-order valence-electron chi connectivity index (χ4n) is 1.45. The van der Waals surface area contributed by atoms with E-state index in [0.29, 0.717) is 11.3 Å². The Morgan fingerprint density at radius 2 is 2.00 bits per heavy atom. The maximum absolute atomic E-state index is 11.4. The van der Waals surface area contributed by atoms with Crippen molar-refractivity contribution in [2.24, 2.45) is 0 Å². The zero-order chi connectivity index (χ0) is 11.1. The fourth-order valence-corrected chi connectivity index (χ4v) is 1.99. The van der Waals surface area contributed by atoms with E-state index in [1.165, 1.54) is 0 Å². The molecule has 0 saturated heterocycles. The summed E-state index contributed by atoms with van der Waals surface area (Å²) in [4.78, 5) is 11.4. The van der Waals surface area contributed by atoms with Gasteiger partial charge in [0, 0.05) is 11.3 Å². The number of carbonyl (C=O) groups excluding carboxylic acids is 1. The van der Waals surface area contributed by atoms with Gasteiger partial charge >= 0.3 is 0 Å². The van der Waals surface area contributed by atoms with Crippen LogP contribution in [0.3, 0.4) is 0 Å². The van der Waals surface area contributed by atoms with E-state index in [9.17, 15) is 13.2 Å². The smallest absolute Gasteiger partial charge is 0.265 e. The van der Waals surface area contributed by atoms with Crippen molar-refractivity contribution in [3.63, 3.8) is 0 Å². The van der Waals surface area contributed by atoms with Crippen LogP contribution in [0.1, 0.15) is 11.7 Å². The topological polar surface area (TPSA) is 72.5 Å². The van der Waals surface area contributed by atoms with Crippen molar-refractivity contribution in [2.45, 2.75) is 6.10 Å². The summed E-state index contributed by atoms with van der Waals surface area (Å²) in [5.74, 6) is -0.457. The minimum Gasteiger partial charge on any atom is -0.323 e. The van der Waals surface area contributed by atoms with Crippen molar-refractivity contribution >= 4 is 21.7 Å². The Bertz CT molecular complexity index is 509. The summed E-state index contributed by atoms with van der Waals surface area (Å²) in [6, 6.07) is 6.82. The molecule has 80 valence electrons. The molecule has 2 rings (SSSR count). The highest BCUT2D eigenvalue weighted by Gasteiger charge is 2.33. The summed E-state index contributed by atoms with van der Waals surface area (Å²) in [5, 5.41) is 2.54. The highest BCUT2D eigenvalue weighted by atomic mass is 32.2. The van der Waals surface area contributed by atoms with Gasteiger partial charge in [0.25, 0.3) is 16.0 Å². The van der Waals surface area contributed by atoms with Crippen molar-refractivity contribution in [3.05, 3.63) is 29.8 Å². The molecule has 1 N–H and O–H groups in total. The third-order valence-corrected chi connectivity index (χ3v) is 2.55. The molecule has 1 heterocycles. The van der Waals surface area contributed by atoms with Crippen LogP contribution in [0.25, 0.3) is 0 Å². The van der Waals surface area contributed by atoms with Gasteiger partial charge in [0.2, 0.25) is 0 Å². The van der Waals surface area contributed by atoms with Crippen LogP contribution in [0.2, 0.25) is 0 Å². The van der Waals surface area contributed by atoms with E-state index in [1.807, 2.05) is 0 Å². The molecule has 0 radical (unpaired) electrons. The number of carbonyl (C=O) groups is 1. The van der Waals surface area contributed by atoms with Crippen LogP contribution >= 0.6 is 0 Å². The van der Waals surface area contributed by atoms with E-state index in [0.717, 1.165) is 6.26 Å². The number of amides is 1. The second-order valence-electron chi connectivity index (χ2n) is 3.26. The van der Waals surface area contributed by atoms with Gasteiger partial charge < -0.3 is 5.32 Å². The number of anilines is 1. The molecule has 15 heavy (non-hydrogen) atoms. The first-order valence-electron chi connectivity index (χ1n) is 4.25. The van der Waals surface area contributed by atoms with E-state index in [1.54, 1.807) is 24.3 Å². The molecule has 0 fully saturated rings. The lowest BCUT2D eigenvalue weighted by atomic mass is 10.1. The third-order valence-electron chi connectivity index (χ3n) is 2.01. The number of rotatable bonds is 2. The molecule has 1 aliphatic heterocycles. The predicted octanol–water partition coefficient (Wildman–Crippen LogP) is 0.656. The van der Waals surface area contributed by atoms with Gasteiger partial charge in [-0.3, -0.25) is 8.98 Å². The van der Waals surface area contributed by atoms with Crippen LogP contribution in [0.5, 0.6) is 0 Å². The summed E-state index contributed by atoms with van der Waals surface area (Å²) in [6.07, 6.45) is -0.141. The lowest BCUT2D eigenvalue weighted by Crippen LogP contribution is -2.18. The van der Waals surface area contributed by atoms with Gasteiger partial charge in [0.1, 0.15) is 0 Å². The van der Waals surface area contributed by atoms with E-state index in [2.05, 4.69) is 5.32 Å². The zero-order valence-corrected chi connectivity index (χ0v) is 8.74. The minimum absolute atomic E-state index is 0.457. The van der Waals surface area contributed by atoms with Gasteiger partial charge in [0.05, 0.1) is 6.26 Å². The Morgan fingerprint density at radius 1 is 1.33 bits per heavy atom. The predicted molar refractivity (Wildman–Crippen MR) is 53.7 cm³/mol. The van der Waals surface area contributed by atoms with Crippen LogP contribution in [0.15, 0.2) is 24.3 Å². The highest BCUT2D eigenvalue weighted by molar-refractivity contribution is 7.86. The summed E-state index contributed by atoms with van der Waals surface area (Å²) < 4.78 is 26.6.